The number of rotatable bonds is 11. The van der Waals surface area contributed by atoms with Gasteiger partial charge in [-0.25, -0.2) is 4.79 Å². The van der Waals surface area contributed by atoms with E-state index in [1.54, 1.807) is 19.1 Å². The lowest BCUT2D eigenvalue weighted by atomic mass is 10.0. The number of anilines is 1. The molecule has 1 aliphatic rings. The first-order chi connectivity index (χ1) is 19.3. The van der Waals surface area contributed by atoms with Gasteiger partial charge in [0.25, 0.3) is 0 Å². The molecule has 0 aliphatic carbocycles. The summed E-state index contributed by atoms with van der Waals surface area (Å²) in [5.41, 5.74) is 3.43. The Hall–Kier alpha value is -2.64. The van der Waals surface area contributed by atoms with Crippen LogP contribution in [0.4, 0.5) is 10.5 Å². The Morgan fingerprint density at radius 2 is 1.77 bits per heavy atom. The molecule has 1 fully saturated rings. The van der Waals surface area contributed by atoms with E-state index in [-0.39, 0.29) is 18.3 Å². The highest BCUT2D eigenvalue weighted by molar-refractivity contribution is 5.90. The summed E-state index contributed by atoms with van der Waals surface area (Å²) in [6.45, 7) is 22.7. The van der Waals surface area contributed by atoms with Gasteiger partial charge in [-0.15, -0.1) is 6.58 Å². The predicted molar refractivity (Wildman–Crippen MR) is 173 cm³/mol. The number of hydrogen-bond donors (Lipinski definition) is 1. The highest BCUT2D eigenvalue weighted by Crippen LogP contribution is 2.25. The lowest BCUT2D eigenvalue weighted by molar-refractivity contribution is -0.117. The number of amides is 2. The van der Waals surface area contributed by atoms with Crippen molar-refractivity contribution >= 4 is 18.2 Å². The van der Waals surface area contributed by atoms with Crippen molar-refractivity contribution in [1.29, 1.82) is 0 Å². The van der Waals surface area contributed by atoms with Crippen LogP contribution in [-0.2, 0) is 20.7 Å². The van der Waals surface area contributed by atoms with Gasteiger partial charge < -0.3 is 19.5 Å². The maximum absolute atomic E-state index is 12.1. The number of methoxy groups -OCH3 is 1. The quantitative estimate of drug-likeness (QED) is 0.167. The zero-order valence-corrected chi connectivity index (χ0v) is 27.8. The van der Waals surface area contributed by atoms with Crippen LogP contribution in [0.5, 0.6) is 0 Å². The summed E-state index contributed by atoms with van der Waals surface area (Å²) in [6, 6.07) is 6.12. The normalized spacial score (nSPS) is 13.7. The average Bonchev–Trinajstić information content (AvgIpc) is 3.37. The van der Waals surface area contributed by atoms with Crippen LogP contribution in [0, 0.1) is 6.92 Å². The maximum Gasteiger partial charge on any atom is 0.414 e. The van der Waals surface area contributed by atoms with Crippen LogP contribution < -0.4 is 4.90 Å². The molecule has 234 valence electrons. The number of aliphatic hydroxyl groups excluding tert-OH is 1. The van der Waals surface area contributed by atoms with Crippen molar-refractivity contribution in [2.75, 3.05) is 39.3 Å². The molecule has 1 heterocycles. The summed E-state index contributed by atoms with van der Waals surface area (Å²) in [6.07, 6.45) is 12.0. The topological polar surface area (TPSA) is 79.3 Å². The van der Waals surface area contributed by atoms with E-state index in [0.717, 1.165) is 38.5 Å². The number of unbranched alkanes of at least 4 members (excludes halogenated alkanes) is 2. The van der Waals surface area contributed by atoms with Gasteiger partial charge >= 0.3 is 6.09 Å². The van der Waals surface area contributed by atoms with Gasteiger partial charge in [-0.05, 0) is 63.3 Å². The SMILES string of the molecule is C/C=C\C(C)OC.C=CCC.CC.CC.CCCCCc1cc(N2C[C@H](CN(C)C=O)OC2=O)ccc1C.CO. The van der Waals surface area contributed by atoms with Crippen molar-refractivity contribution in [3.8, 4) is 0 Å². The molecular formula is C33H62N2O5. The van der Waals surface area contributed by atoms with Crippen LogP contribution >= 0.6 is 0 Å². The van der Waals surface area contributed by atoms with Gasteiger partial charge in [-0.1, -0.05) is 78.7 Å². The van der Waals surface area contributed by atoms with Gasteiger partial charge in [0.1, 0.15) is 6.10 Å². The first kappa shape index (κ1) is 44.4. The predicted octanol–water partition coefficient (Wildman–Crippen LogP) is 7.98. The van der Waals surface area contributed by atoms with Crippen molar-refractivity contribution in [2.24, 2.45) is 0 Å². The Morgan fingerprint density at radius 3 is 2.20 bits per heavy atom. The van der Waals surface area contributed by atoms with Crippen molar-refractivity contribution in [1.82, 2.24) is 4.90 Å². The number of benzene rings is 1. The summed E-state index contributed by atoms with van der Waals surface area (Å²) in [5.74, 6) is 0. The minimum atomic E-state index is -0.335. The number of aryl methyl sites for hydroxylation is 2. The van der Waals surface area contributed by atoms with Crippen molar-refractivity contribution in [2.45, 2.75) is 107 Å². The minimum Gasteiger partial charge on any atom is -0.442 e. The molecule has 0 radical (unpaired) electrons. The number of nitrogens with zero attached hydrogens (tertiary/aromatic N) is 2. The third-order valence-corrected chi connectivity index (χ3v) is 5.36. The fourth-order valence-corrected chi connectivity index (χ4v) is 3.20. The Kier molecular flexibility index (Phi) is 36.1. The number of carbonyl (C=O) groups excluding carboxylic acids is 2. The zero-order chi connectivity index (χ0) is 31.9. The molecule has 1 N–H and O–H groups in total. The fourth-order valence-electron chi connectivity index (χ4n) is 3.20. The molecule has 2 atom stereocenters. The molecule has 1 unspecified atom stereocenters. The van der Waals surface area contributed by atoms with Crippen LogP contribution in [0.3, 0.4) is 0 Å². The molecule has 2 rings (SSSR count). The summed E-state index contributed by atoms with van der Waals surface area (Å²) >= 11 is 0. The number of cyclic esters (lactones) is 1. The van der Waals surface area contributed by atoms with E-state index in [9.17, 15) is 9.59 Å². The molecule has 1 aliphatic heterocycles. The first-order valence-electron chi connectivity index (χ1n) is 14.7. The summed E-state index contributed by atoms with van der Waals surface area (Å²) < 4.78 is 10.3. The third-order valence-electron chi connectivity index (χ3n) is 5.36. The number of ether oxygens (including phenoxy) is 2. The smallest absolute Gasteiger partial charge is 0.414 e. The van der Waals surface area contributed by atoms with E-state index in [1.807, 2.05) is 65.8 Å². The van der Waals surface area contributed by atoms with Crippen molar-refractivity contribution in [3.63, 3.8) is 0 Å². The maximum atomic E-state index is 12.1. The first-order valence-corrected chi connectivity index (χ1v) is 14.7. The standard InChI is InChI=1S/C18H26N2O3.C6H12O.C4H8.2C2H6.CH4O/c1-4-5-6-7-15-10-16(9-8-14(15)2)20-12-17(23-18(20)22)11-19(3)13-21;1-4-5-6(2)7-3;1-3-4-2;3*1-2/h8-10,13,17H,4-7,11-12H2,1-3H3;4-6H,1-3H3;3H,1,4H2,2H3;2*1-2H3;2H,1H3/b;5-4-;;;;/t17-;;;;;/m0...../s1. The zero-order valence-electron chi connectivity index (χ0n) is 27.8. The third kappa shape index (κ3) is 22.2. The number of likely N-dealkylation sites (N-methyl/N-ethyl adjacent to an activating group) is 1. The van der Waals surface area contributed by atoms with Gasteiger partial charge in [0, 0.05) is 27.0 Å². The molecule has 7 nitrogen and oxygen atoms in total. The van der Waals surface area contributed by atoms with Gasteiger partial charge in [0.05, 0.1) is 19.2 Å². The number of hydrogen-bond acceptors (Lipinski definition) is 5. The highest BCUT2D eigenvalue weighted by atomic mass is 16.6. The molecule has 0 saturated carbocycles. The number of carbonyl (C=O) groups is 2. The fraction of sp³-hybridized carbons (Fsp3) is 0.636. The van der Waals surface area contributed by atoms with Crippen LogP contribution in [0.2, 0.25) is 0 Å². The lowest BCUT2D eigenvalue weighted by Crippen LogP contribution is -2.31. The number of aliphatic hydroxyl groups is 1. The highest BCUT2D eigenvalue weighted by Gasteiger charge is 2.33. The molecule has 0 aromatic heterocycles. The Balaban J connectivity index is -0.000000316. The van der Waals surface area contributed by atoms with E-state index in [4.69, 9.17) is 14.6 Å². The van der Waals surface area contributed by atoms with Gasteiger partial charge in [-0.3, -0.25) is 9.69 Å². The second kappa shape index (κ2) is 32.6. The number of allylic oxidation sites excluding steroid dienone is 2. The molecular weight excluding hydrogens is 504 g/mol. The average molecular weight is 567 g/mol. The van der Waals surface area contributed by atoms with E-state index in [1.165, 1.54) is 28.9 Å². The second-order valence-electron chi connectivity index (χ2n) is 8.39. The molecule has 0 spiro atoms. The molecule has 40 heavy (non-hydrogen) atoms. The van der Waals surface area contributed by atoms with Gasteiger partial charge in [-0.2, -0.15) is 0 Å². The molecule has 1 aromatic carbocycles. The van der Waals surface area contributed by atoms with E-state index < -0.39 is 0 Å². The molecule has 2 amide bonds. The van der Waals surface area contributed by atoms with Crippen molar-refractivity contribution < 1.29 is 24.2 Å². The van der Waals surface area contributed by atoms with Crippen molar-refractivity contribution in [3.05, 3.63) is 54.1 Å². The van der Waals surface area contributed by atoms with Gasteiger partial charge in [0.2, 0.25) is 6.41 Å². The van der Waals surface area contributed by atoms with Crippen LogP contribution in [0.1, 0.15) is 92.2 Å². The Morgan fingerprint density at radius 1 is 1.20 bits per heavy atom. The Labute approximate surface area is 247 Å². The van der Waals surface area contributed by atoms with Crippen LogP contribution in [0.25, 0.3) is 0 Å². The molecule has 7 heteroatoms. The summed E-state index contributed by atoms with van der Waals surface area (Å²) in [4.78, 5) is 26.0. The molecule has 1 saturated heterocycles. The molecule has 1 aromatic rings. The largest absolute Gasteiger partial charge is 0.442 e. The van der Waals surface area contributed by atoms with Crippen LogP contribution in [-0.4, -0.2) is 69.1 Å². The summed E-state index contributed by atoms with van der Waals surface area (Å²) in [7, 11) is 4.38. The molecule has 0 bridgehead atoms. The van der Waals surface area contributed by atoms with Gasteiger partial charge in [0.15, 0.2) is 0 Å². The monoisotopic (exact) mass is 566 g/mol. The van der Waals surface area contributed by atoms with E-state index in [2.05, 4.69) is 39.5 Å². The lowest BCUT2D eigenvalue weighted by Gasteiger charge is -2.17. The van der Waals surface area contributed by atoms with E-state index in [0.29, 0.717) is 13.1 Å². The van der Waals surface area contributed by atoms with E-state index >= 15 is 0 Å². The Bertz CT molecular complexity index is 752. The minimum absolute atomic E-state index is 0.269. The van der Waals surface area contributed by atoms with Crippen LogP contribution in [0.15, 0.2) is 43.0 Å². The second-order valence-corrected chi connectivity index (χ2v) is 8.39. The summed E-state index contributed by atoms with van der Waals surface area (Å²) in [5, 5.41) is 7.00.